The van der Waals surface area contributed by atoms with Gasteiger partial charge in [0.25, 0.3) is 0 Å². The largest absolute Gasteiger partial charge is 0.351 e. The highest BCUT2D eigenvalue weighted by Crippen LogP contribution is 2.06. The Morgan fingerprint density at radius 1 is 1.47 bits per heavy atom. The first-order valence-corrected chi connectivity index (χ1v) is 5.56. The smallest absolute Gasteiger partial charge is 0.237 e. The molecule has 0 aliphatic carbocycles. The minimum absolute atomic E-state index is 0.0533. The van der Waals surface area contributed by atoms with Gasteiger partial charge in [0.05, 0.1) is 6.04 Å². The Morgan fingerprint density at radius 3 is 2.47 bits per heavy atom. The van der Waals surface area contributed by atoms with Gasteiger partial charge in [-0.3, -0.25) is 4.79 Å². The fraction of sp³-hybridized carbons (Fsp3) is 0.750. The van der Waals surface area contributed by atoms with Gasteiger partial charge in [-0.2, -0.15) is 0 Å². The Bertz CT molecular complexity index is 232. The van der Waals surface area contributed by atoms with Crippen LogP contribution in [0.1, 0.15) is 40.0 Å². The molecule has 0 aliphatic rings. The average molecular weight is 210 g/mol. The van der Waals surface area contributed by atoms with Crippen LogP contribution in [0.25, 0.3) is 0 Å². The molecule has 3 atom stereocenters. The lowest BCUT2D eigenvalue weighted by molar-refractivity contribution is -0.124. The van der Waals surface area contributed by atoms with Gasteiger partial charge < -0.3 is 11.1 Å². The maximum Gasteiger partial charge on any atom is 0.237 e. The molecular weight excluding hydrogens is 188 g/mol. The summed E-state index contributed by atoms with van der Waals surface area (Å²) in [6.07, 6.45) is 7.51. The Labute approximate surface area is 92.8 Å². The van der Waals surface area contributed by atoms with Crippen LogP contribution in [0.3, 0.4) is 0 Å². The van der Waals surface area contributed by atoms with Gasteiger partial charge in [0.15, 0.2) is 0 Å². The standard InChI is InChI=1S/C12H22N2O/c1-5-8-10(7-3)14-12(15)11(13)9(4)6-2/h1,9-11H,6-8,13H2,2-4H3,(H,14,15)/t9?,10?,11-/m0/s1. The van der Waals surface area contributed by atoms with Crippen LogP contribution in [-0.2, 0) is 4.79 Å². The summed E-state index contributed by atoms with van der Waals surface area (Å²) >= 11 is 0. The molecule has 1 amide bonds. The average Bonchev–Trinajstić information content (AvgIpc) is 2.26. The maximum absolute atomic E-state index is 11.7. The van der Waals surface area contributed by atoms with E-state index in [-0.39, 0.29) is 17.9 Å². The minimum atomic E-state index is -0.429. The number of terminal acetylenes is 1. The van der Waals surface area contributed by atoms with Crippen molar-refractivity contribution in [3.05, 3.63) is 0 Å². The van der Waals surface area contributed by atoms with E-state index in [9.17, 15) is 4.79 Å². The van der Waals surface area contributed by atoms with Gasteiger partial charge in [0, 0.05) is 12.5 Å². The molecular formula is C12H22N2O. The zero-order valence-corrected chi connectivity index (χ0v) is 9.92. The van der Waals surface area contributed by atoms with E-state index in [2.05, 4.69) is 11.2 Å². The maximum atomic E-state index is 11.7. The molecule has 0 fully saturated rings. The van der Waals surface area contributed by atoms with Crippen molar-refractivity contribution in [3.63, 3.8) is 0 Å². The van der Waals surface area contributed by atoms with Crippen molar-refractivity contribution >= 4 is 5.91 Å². The van der Waals surface area contributed by atoms with Gasteiger partial charge in [-0.15, -0.1) is 12.3 Å². The highest BCUT2D eigenvalue weighted by Gasteiger charge is 2.20. The number of carbonyl (C=O) groups is 1. The second-order valence-electron chi connectivity index (χ2n) is 3.93. The molecule has 0 radical (unpaired) electrons. The summed E-state index contributed by atoms with van der Waals surface area (Å²) in [6, 6.07) is -0.376. The molecule has 0 aromatic rings. The normalized spacial score (nSPS) is 16.2. The zero-order chi connectivity index (χ0) is 11.8. The number of nitrogens with one attached hydrogen (secondary N) is 1. The van der Waals surface area contributed by atoms with Crippen LogP contribution in [-0.4, -0.2) is 18.0 Å². The van der Waals surface area contributed by atoms with E-state index in [1.54, 1.807) is 0 Å². The molecule has 0 saturated heterocycles. The first-order chi connectivity index (χ1) is 7.06. The number of hydrogen-bond acceptors (Lipinski definition) is 2. The van der Waals surface area contributed by atoms with Crippen molar-refractivity contribution < 1.29 is 4.79 Å². The molecule has 0 aromatic carbocycles. The van der Waals surface area contributed by atoms with E-state index in [0.717, 1.165) is 12.8 Å². The molecule has 0 aliphatic heterocycles. The van der Waals surface area contributed by atoms with Gasteiger partial charge in [0.1, 0.15) is 0 Å². The zero-order valence-electron chi connectivity index (χ0n) is 9.92. The molecule has 3 nitrogen and oxygen atoms in total. The Balaban J connectivity index is 4.16. The molecule has 3 heteroatoms. The summed E-state index contributed by atoms with van der Waals surface area (Å²) in [4.78, 5) is 11.7. The summed E-state index contributed by atoms with van der Waals surface area (Å²) < 4.78 is 0. The molecule has 2 unspecified atom stereocenters. The highest BCUT2D eigenvalue weighted by atomic mass is 16.2. The van der Waals surface area contributed by atoms with Crippen LogP contribution >= 0.6 is 0 Å². The lowest BCUT2D eigenvalue weighted by Gasteiger charge is -2.21. The summed E-state index contributed by atoms with van der Waals surface area (Å²) in [5.74, 6) is 2.66. The molecule has 0 spiro atoms. The summed E-state index contributed by atoms with van der Waals surface area (Å²) in [7, 11) is 0. The third-order valence-corrected chi connectivity index (χ3v) is 2.76. The third-order valence-electron chi connectivity index (χ3n) is 2.76. The van der Waals surface area contributed by atoms with Crippen LogP contribution in [0, 0.1) is 18.3 Å². The quantitative estimate of drug-likeness (QED) is 0.649. The second kappa shape index (κ2) is 7.30. The summed E-state index contributed by atoms with van der Waals surface area (Å²) in [5.41, 5.74) is 5.81. The van der Waals surface area contributed by atoms with Crippen molar-refractivity contribution in [2.24, 2.45) is 11.7 Å². The van der Waals surface area contributed by atoms with Crippen molar-refractivity contribution in [2.45, 2.75) is 52.1 Å². The second-order valence-corrected chi connectivity index (χ2v) is 3.93. The molecule has 15 heavy (non-hydrogen) atoms. The van der Waals surface area contributed by atoms with E-state index in [1.165, 1.54) is 0 Å². The number of amides is 1. The Morgan fingerprint density at radius 2 is 2.07 bits per heavy atom. The monoisotopic (exact) mass is 210 g/mol. The van der Waals surface area contributed by atoms with Crippen LogP contribution in [0.5, 0.6) is 0 Å². The lowest BCUT2D eigenvalue weighted by atomic mass is 9.99. The highest BCUT2D eigenvalue weighted by molar-refractivity contribution is 5.82. The van der Waals surface area contributed by atoms with Gasteiger partial charge >= 0.3 is 0 Å². The van der Waals surface area contributed by atoms with E-state index in [4.69, 9.17) is 12.2 Å². The SMILES string of the molecule is C#CCC(CC)NC(=O)[C@@H](N)C(C)CC. The van der Waals surface area contributed by atoms with E-state index in [0.29, 0.717) is 6.42 Å². The van der Waals surface area contributed by atoms with Crippen LogP contribution in [0.15, 0.2) is 0 Å². The molecule has 0 saturated carbocycles. The van der Waals surface area contributed by atoms with Gasteiger partial charge in [-0.05, 0) is 12.3 Å². The van der Waals surface area contributed by atoms with E-state index < -0.39 is 6.04 Å². The minimum Gasteiger partial charge on any atom is -0.351 e. The molecule has 0 aromatic heterocycles. The fourth-order valence-electron chi connectivity index (χ4n) is 1.25. The number of rotatable bonds is 6. The van der Waals surface area contributed by atoms with Crippen LogP contribution in [0.2, 0.25) is 0 Å². The van der Waals surface area contributed by atoms with Gasteiger partial charge in [-0.1, -0.05) is 27.2 Å². The number of nitrogens with two attached hydrogens (primary N) is 1. The molecule has 86 valence electrons. The summed E-state index contributed by atoms with van der Waals surface area (Å²) in [6.45, 7) is 6.00. The molecule has 0 heterocycles. The third kappa shape index (κ3) is 4.85. The van der Waals surface area contributed by atoms with Crippen molar-refractivity contribution in [2.75, 3.05) is 0 Å². The van der Waals surface area contributed by atoms with Crippen LogP contribution in [0.4, 0.5) is 0 Å². The molecule has 0 bridgehead atoms. The predicted octanol–water partition coefficient (Wildman–Crippen LogP) is 1.28. The van der Waals surface area contributed by atoms with Crippen molar-refractivity contribution in [1.29, 1.82) is 0 Å². The number of hydrogen-bond donors (Lipinski definition) is 2. The lowest BCUT2D eigenvalue weighted by Crippen LogP contribution is -2.48. The predicted molar refractivity (Wildman–Crippen MR) is 63.1 cm³/mol. The Kier molecular flexibility index (Phi) is 6.81. The fourth-order valence-corrected chi connectivity index (χ4v) is 1.25. The number of carbonyl (C=O) groups excluding carboxylic acids is 1. The summed E-state index contributed by atoms with van der Waals surface area (Å²) in [5, 5.41) is 2.88. The van der Waals surface area contributed by atoms with Crippen LogP contribution < -0.4 is 11.1 Å². The van der Waals surface area contributed by atoms with E-state index >= 15 is 0 Å². The van der Waals surface area contributed by atoms with Gasteiger partial charge in [-0.25, -0.2) is 0 Å². The topological polar surface area (TPSA) is 55.1 Å². The molecule has 0 rings (SSSR count). The van der Waals surface area contributed by atoms with E-state index in [1.807, 2.05) is 20.8 Å². The first kappa shape index (κ1) is 14.0. The van der Waals surface area contributed by atoms with Crippen molar-refractivity contribution in [3.8, 4) is 12.3 Å². The Hall–Kier alpha value is -1.01. The van der Waals surface area contributed by atoms with Gasteiger partial charge in [0.2, 0.25) is 5.91 Å². The first-order valence-electron chi connectivity index (χ1n) is 5.56. The van der Waals surface area contributed by atoms with Crippen molar-refractivity contribution in [1.82, 2.24) is 5.32 Å². The molecule has 3 N–H and O–H groups in total.